The van der Waals surface area contributed by atoms with Gasteiger partial charge in [-0.05, 0) is 26.0 Å². The fraction of sp³-hybridized carbons (Fsp3) is 0.368. The number of nitrogens with two attached hydrogens (primary N) is 1. The minimum Gasteiger partial charge on any atom is -0.488 e. The van der Waals surface area contributed by atoms with Crippen molar-refractivity contribution < 1.29 is 23.8 Å². The molecule has 1 amide bonds. The van der Waals surface area contributed by atoms with Gasteiger partial charge in [-0.25, -0.2) is 4.98 Å². The normalized spacial score (nSPS) is 19.7. The summed E-state index contributed by atoms with van der Waals surface area (Å²) in [5.74, 6) is 0.118. The molecule has 0 aliphatic carbocycles. The van der Waals surface area contributed by atoms with E-state index >= 15 is 0 Å². The first-order valence-corrected chi connectivity index (χ1v) is 9.43. The molecule has 0 spiro atoms. The largest absolute Gasteiger partial charge is 0.488 e. The number of aromatic nitrogens is 1. The molecule has 1 aliphatic rings. The second-order valence-electron chi connectivity index (χ2n) is 6.59. The number of hydrogen-bond acceptors (Lipinski definition) is 7. The van der Waals surface area contributed by atoms with Gasteiger partial charge in [-0.15, -0.1) is 11.3 Å². The van der Waals surface area contributed by atoms with Gasteiger partial charge in [0.1, 0.15) is 23.7 Å². The van der Waals surface area contributed by atoms with E-state index in [0.29, 0.717) is 46.8 Å². The van der Waals surface area contributed by atoms with E-state index < -0.39 is 12.0 Å². The number of aliphatic hydroxyl groups is 1. The highest BCUT2D eigenvalue weighted by Gasteiger charge is 2.34. The summed E-state index contributed by atoms with van der Waals surface area (Å²) in [5.41, 5.74) is 7.16. The summed E-state index contributed by atoms with van der Waals surface area (Å²) in [6.07, 6.45) is 1.09. The second kappa shape index (κ2) is 6.95. The van der Waals surface area contributed by atoms with Gasteiger partial charge in [0.15, 0.2) is 0 Å². The van der Waals surface area contributed by atoms with Gasteiger partial charge in [0.05, 0.1) is 34.8 Å². The van der Waals surface area contributed by atoms with Crippen molar-refractivity contribution in [1.82, 2.24) is 4.98 Å². The first-order chi connectivity index (χ1) is 13.0. The maximum absolute atomic E-state index is 12.1. The molecule has 1 fully saturated rings. The highest BCUT2D eigenvalue weighted by molar-refractivity contribution is 7.11. The molecule has 2 atom stereocenters. The highest BCUT2D eigenvalue weighted by atomic mass is 32.1. The number of thiazole rings is 1. The minimum atomic E-state index is -0.695. The monoisotopic (exact) mass is 388 g/mol. The van der Waals surface area contributed by atoms with Gasteiger partial charge in [0.2, 0.25) is 0 Å². The van der Waals surface area contributed by atoms with Gasteiger partial charge in [-0.3, -0.25) is 4.79 Å². The van der Waals surface area contributed by atoms with Crippen LogP contribution in [0.1, 0.15) is 37.5 Å². The molecule has 7 nitrogen and oxygen atoms in total. The van der Waals surface area contributed by atoms with E-state index in [9.17, 15) is 9.90 Å². The number of furan rings is 1. The number of carbonyl (C=O) groups is 1. The quantitative estimate of drug-likeness (QED) is 0.696. The van der Waals surface area contributed by atoms with Crippen LogP contribution in [0.15, 0.2) is 22.7 Å². The third-order valence-corrected chi connectivity index (χ3v) is 5.63. The zero-order chi connectivity index (χ0) is 19.1. The summed E-state index contributed by atoms with van der Waals surface area (Å²) < 4.78 is 17.2. The molecule has 3 aromatic rings. The predicted octanol–water partition coefficient (Wildman–Crippen LogP) is 2.66. The number of ether oxygens (including phenoxy) is 2. The van der Waals surface area contributed by atoms with Gasteiger partial charge in [0, 0.05) is 23.1 Å². The molecule has 0 radical (unpaired) electrons. The maximum atomic E-state index is 12.1. The molecule has 1 saturated heterocycles. The van der Waals surface area contributed by atoms with Gasteiger partial charge in [-0.2, -0.15) is 0 Å². The van der Waals surface area contributed by atoms with Crippen LogP contribution in [0.25, 0.3) is 11.0 Å². The summed E-state index contributed by atoms with van der Waals surface area (Å²) in [6, 6.07) is 3.55. The number of primary amides is 1. The number of amides is 1. The number of carbonyl (C=O) groups excluding carboxylic acids is 1. The minimum absolute atomic E-state index is 0.233. The zero-order valence-corrected chi connectivity index (χ0v) is 15.8. The number of aryl methyl sites for hydroxylation is 2. The topological polar surface area (TPSA) is 108 Å². The van der Waals surface area contributed by atoms with Crippen molar-refractivity contribution in [3.05, 3.63) is 45.1 Å². The first kappa shape index (κ1) is 18.0. The van der Waals surface area contributed by atoms with Crippen LogP contribution >= 0.6 is 11.3 Å². The van der Waals surface area contributed by atoms with Crippen LogP contribution in [0.4, 0.5) is 0 Å². The Morgan fingerprint density at radius 2 is 2.22 bits per heavy atom. The fourth-order valence-electron chi connectivity index (χ4n) is 3.55. The summed E-state index contributed by atoms with van der Waals surface area (Å²) in [6.45, 7) is 4.55. The lowest BCUT2D eigenvalue weighted by atomic mass is 9.90. The van der Waals surface area contributed by atoms with Crippen molar-refractivity contribution in [2.24, 2.45) is 5.73 Å². The zero-order valence-electron chi connectivity index (χ0n) is 15.0. The molecule has 4 rings (SSSR count). The standard InChI is InChI=1S/C19H20N2O5S/c1-9-16(19(20)23)18-15(26-9)4-3-14(17(18)12-7-24-8-13(12)22)25-6-11-5-21-10(2)27-11/h3-5,12-13,22H,6-8H2,1-2H3,(H2,20,23)/t12-,13+/m1/s1. The number of aliphatic hydroxyl groups excluding tert-OH is 1. The van der Waals surface area contributed by atoms with Crippen LogP contribution in [-0.2, 0) is 11.3 Å². The number of hydrogen-bond donors (Lipinski definition) is 2. The molecular weight excluding hydrogens is 368 g/mol. The van der Waals surface area contributed by atoms with Crippen LogP contribution in [0.2, 0.25) is 0 Å². The van der Waals surface area contributed by atoms with Gasteiger partial charge >= 0.3 is 0 Å². The van der Waals surface area contributed by atoms with Crippen molar-refractivity contribution in [2.75, 3.05) is 13.2 Å². The molecule has 142 valence electrons. The molecule has 3 N–H and O–H groups in total. The highest BCUT2D eigenvalue weighted by Crippen LogP contribution is 2.42. The van der Waals surface area contributed by atoms with Crippen LogP contribution in [0.3, 0.4) is 0 Å². The van der Waals surface area contributed by atoms with Gasteiger partial charge in [0.25, 0.3) is 5.91 Å². The Morgan fingerprint density at radius 1 is 1.41 bits per heavy atom. The Morgan fingerprint density at radius 3 is 2.85 bits per heavy atom. The maximum Gasteiger partial charge on any atom is 0.252 e. The SMILES string of the molecule is Cc1ncc(COc2ccc3oc(C)c(C(N)=O)c3c2[C@@H]2COC[C@@H]2O)s1. The Hall–Kier alpha value is -2.42. The number of rotatable bonds is 5. The fourth-order valence-corrected chi connectivity index (χ4v) is 4.25. The molecule has 0 unspecified atom stereocenters. The van der Waals surface area contributed by atoms with E-state index in [2.05, 4.69) is 4.98 Å². The van der Waals surface area contributed by atoms with Crippen molar-refractivity contribution in [1.29, 1.82) is 0 Å². The van der Waals surface area contributed by atoms with Crippen LogP contribution in [-0.4, -0.2) is 35.3 Å². The third kappa shape index (κ3) is 3.20. The number of benzene rings is 1. The van der Waals surface area contributed by atoms with E-state index in [-0.39, 0.29) is 12.5 Å². The molecule has 1 aromatic carbocycles. The second-order valence-corrected chi connectivity index (χ2v) is 7.91. The molecule has 0 bridgehead atoms. The van der Waals surface area contributed by atoms with E-state index in [1.54, 1.807) is 36.6 Å². The Balaban J connectivity index is 1.84. The predicted molar refractivity (Wildman–Crippen MR) is 100 cm³/mol. The molecule has 0 saturated carbocycles. The first-order valence-electron chi connectivity index (χ1n) is 8.61. The Bertz CT molecular complexity index is 1010. The van der Waals surface area contributed by atoms with E-state index in [0.717, 1.165) is 9.88 Å². The summed E-state index contributed by atoms with van der Waals surface area (Å²) in [5, 5.41) is 12.0. The molecular formula is C19H20N2O5S. The van der Waals surface area contributed by atoms with Crippen molar-refractivity contribution in [2.45, 2.75) is 32.5 Å². The lowest BCUT2D eigenvalue weighted by molar-refractivity contribution is 0.1000. The van der Waals surface area contributed by atoms with Gasteiger partial charge in [-0.1, -0.05) is 0 Å². The number of fused-ring (bicyclic) bond motifs is 1. The molecule has 1 aliphatic heterocycles. The average molecular weight is 388 g/mol. The van der Waals surface area contributed by atoms with E-state index in [1.165, 1.54) is 0 Å². The van der Waals surface area contributed by atoms with Crippen LogP contribution < -0.4 is 10.5 Å². The molecule has 2 aromatic heterocycles. The van der Waals surface area contributed by atoms with Crippen molar-refractivity contribution in [3.8, 4) is 5.75 Å². The molecule has 3 heterocycles. The Kier molecular flexibility index (Phi) is 4.63. The lowest BCUT2D eigenvalue weighted by Gasteiger charge is -2.19. The van der Waals surface area contributed by atoms with Gasteiger partial charge < -0.3 is 24.7 Å². The number of nitrogens with zero attached hydrogens (tertiary/aromatic N) is 1. The summed E-state index contributed by atoms with van der Waals surface area (Å²) in [4.78, 5) is 17.3. The molecule has 27 heavy (non-hydrogen) atoms. The summed E-state index contributed by atoms with van der Waals surface area (Å²) in [7, 11) is 0. The summed E-state index contributed by atoms with van der Waals surface area (Å²) >= 11 is 1.56. The molecule has 8 heteroatoms. The van der Waals surface area contributed by atoms with E-state index in [4.69, 9.17) is 19.6 Å². The average Bonchev–Trinajstić information content (AvgIpc) is 3.30. The van der Waals surface area contributed by atoms with Crippen molar-refractivity contribution in [3.63, 3.8) is 0 Å². The Labute approximate surface area is 159 Å². The lowest BCUT2D eigenvalue weighted by Crippen LogP contribution is -2.18. The van der Waals surface area contributed by atoms with E-state index in [1.807, 2.05) is 6.92 Å². The van der Waals surface area contributed by atoms with Crippen molar-refractivity contribution >= 4 is 28.2 Å². The van der Waals surface area contributed by atoms with Crippen LogP contribution in [0.5, 0.6) is 5.75 Å². The van der Waals surface area contributed by atoms with Crippen LogP contribution in [0, 0.1) is 13.8 Å². The smallest absolute Gasteiger partial charge is 0.252 e. The third-order valence-electron chi connectivity index (χ3n) is 4.74.